The van der Waals surface area contributed by atoms with Crippen LogP contribution in [0.1, 0.15) is 5.56 Å². The van der Waals surface area contributed by atoms with Crippen molar-refractivity contribution in [2.75, 3.05) is 5.73 Å². The van der Waals surface area contributed by atoms with Gasteiger partial charge in [-0.2, -0.15) is 18.2 Å². The molecule has 0 bridgehead atoms. The minimum absolute atomic E-state index is 0.000926. The Morgan fingerprint density at radius 3 is 2.52 bits per heavy atom. The largest absolute Gasteiger partial charge is 0.416 e. The minimum atomic E-state index is -4.59. The molecule has 0 saturated carbocycles. The Bertz CT molecular complexity index is 823. The normalized spacial score (nSPS) is 12.0. The third kappa shape index (κ3) is 2.28. The van der Waals surface area contributed by atoms with E-state index < -0.39 is 17.6 Å². The molecule has 4 nitrogen and oxygen atoms in total. The summed E-state index contributed by atoms with van der Waals surface area (Å²) in [5.41, 5.74) is 5.01. The predicted molar refractivity (Wildman–Crippen MR) is 67.8 cm³/mol. The SMILES string of the molecule is Nc1nc2c(-c3ccc(C(F)(F)F)cc3F)cccn2n1. The van der Waals surface area contributed by atoms with Crippen molar-refractivity contribution in [1.29, 1.82) is 0 Å². The van der Waals surface area contributed by atoms with Gasteiger partial charge < -0.3 is 5.73 Å². The molecule has 3 aromatic rings. The molecular weight excluding hydrogens is 288 g/mol. The van der Waals surface area contributed by atoms with Crippen LogP contribution in [0.5, 0.6) is 0 Å². The first-order valence-corrected chi connectivity index (χ1v) is 5.84. The summed E-state index contributed by atoms with van der Waals surface area (Å²) in [5.74, 6) is -0.991. The Kier molecular flexibility index (Phi) is 2.82. The molecule has 1 aromatic carbocycles. The second-order valence-corrected chi connectivity index (χ2v) is 4.35. The van der Waals surface area contributed by atoms with Crippen molar-refractivity contribution in [1.82, 2.24) is 14.6 Å². The summed E-state index contributed by atoms with van der Waals surface area (Å²) in [4.78, 5) is 3.94. The molecule has 2 N–H and O–H groups in total. The van der Waals surface area contributed by atoms with E-state index in [0.717, 1.165) is 12.1 Å². The molecule has 21 heavy (non-hydrogen) atoms. The molecule has 0 spiro atoms. The Hall–Kier alpha value is -2.64. The van der Waals surface area contributed by atoms with Crippen LogP contribution in [0, 0.1) is 5.82 Å². The van der Waals surface area contributed by atoms with E-state index in [4.69, 9.17) is 5.73 Å². The number of aromatic nitrogens is 3. The summed E-state index contributed by atoms with van der Waals surface area (Å²) in [5, 5.41) is 3.87. The van der Waals surface area contributed by atoms with E-state index in [-0.39, 0.29) is 17.2 Å². The summed E-state index contributed by atoms with van der Waals surface area (Å²) < 4.78 is 53.0. The Morgan fingerprint density at radius 1 is 1.10 bits per heavy atom. The van der Waals surface area contributed by atoms with Gasteiger partial charge in [-0.15, -0.1) is 5.10 Å². The summed E-state index contributed by atoms with van der Waals surface area (Å²) in [6, 6.07) is 5.46. The first kappa shape index (κ1) is 13.3. The molecule has 0 aliphatic rings. The number of halogens is 4. The van der Waals surface area contributed by atoms with Crippen LogP contribution >= 0.6 is 0 Å². The summed E-state index contributed by atoms with van der Waals surface area (Å²) in [7, 11) is 0. The zero-order valence-electron chi connectivity index (χ0n) is 10.4. The quantitative estimate of drug-likeness (QED) is 0.702. The fraction of sp³-hybridized carbons (Fsp3) is 0.0769. The first-order valence-electron chi connectivity index (χ1n) is 5.84. The number of anilines is 1. The van der Waals surface area contributed by atoms with Crippen LogP contribution in [0.25, 0.3) is 16.8 Å². The molecule has 0 amide bonds. The van der Waals surface area contributed by atoms with Crippen molar-refractivity contribution < 1.29 is 17.6 Å². The third-order valence-corrected chi connectivity index (χ3v) is 2.97. The monoisotopic (exact) mass is 296 g/mol. The molecule has 0 unspecified atom stereocenters. The first-order chi connectivity index (χ1) is 9.86. The summed E-state index contributed by atoms with van der Waals surface area (Å²) >= 11 is 0. The van der Waals surface area contributed by atoms with Gasteiger partial charge in [0.2, 0.25) is 5.95 Å². The molecule has 3 rings (SSSR count). The van der Waals surface area contributed by atoms with Gasteiger partial charge in [0.1, 0.15) is 5.82 Å². The number of benzene rings is 1. The standard InChI is InChI=1S/C13H8F4N4/c14-10-6-7(13(15,16)17)3-4-8(10)9-2-1-5-21-11(9)19-12(18)20-21/h1-6H,(H2,18,20). The van der Waals surface area contributed by atoms with Crippen molar-refractivity contribution in [3.63, 3.8) is 0 Å². The van der Waals surface area contributed by atoms with Crippen LogP contribution in [0.15, 0.2) is 36.5 Å². The highest BCUT2D eigenvalue weighted by Crippen LogP contribution is 2.33. The number of nitrogens with two attached hydrogens (primary N) is 1. The maximum atomic E-state index is 14.0. The number of alkyl halides is 3. The lowest BCUT2D eigenvalue weighted by Gasteiger charge is -2.09. The maximum absolute atomic E-state index is 14.0. The molecular formula is C13H8F4N4. The van der Waals surface area contributed by atoms with Crippen LogP contribution in [0.3, 0.4) is 0 Å². The number of rotatable bonds is 1. The number of nitrogens with zero attached hydrogens (tertiary/aromatic N) is 3. The molecule has 0 saturated heterocycles. The number of hydrogen-bond acceptors (Lipinski definition) is 3. The average Bonchev–Trinajstić information content (AvgIpc) is 2.77. The molecule has 2 heterocycles. The predicted octanol–water partition coefficient (Wildman–Crippen LogP) is 3.14. The highest BCUT2D eigenvalue weighted by atomic mass is 19.4. The fourth-order valence-electron chi connectivity index (χ4n) is 2.04. The van der Waals surface area contributed by atoms with Gasteiger partial charge in [-0.3, -0.25) is 0 Å². The molecule has 0 fully saturated rings. The zero-order valence-corrected chi connectivity index (χ0v) is 10.4. The van der Waals surface area contributed by atoms with Crippen molar-refractivity contribution in [3.8, 4) is 11.1 Å². The van der Waals surface area contributed by atoms with Crippen LogP contribution in [0.2, 0.25) is 0 Å². The summed E-state index contributed by atoms with van der Waals surface area (Å²) in [6.07, 6.45) is -3.03. The fourth-order valence-corrected chi connectivity index (χ4v) is 2.04. The Morgan fingerprint density at radius 2 is 1.86 bits per heavy atom. The molecule has 0 aliphatic heterocycles. The van der Waals surface area contributed by atoms with Crippen LogP contribution in [-0.2, 0) is 6.18 Å². The van der Waals surface area contributed by atoms with E-state index in [0.29, 0.717) is 11.6 Å². The van der Waals surface area contributed by atoms with E-state index in [1.165, 1.54) is 10.6 Å². The number of pyridine rings is 1. The van der Waals surface area contributed by atoms with Crippen molar-refractivity contribution in [2.24, 2.45) is 0 Å². The zero-order chi connectivity index (χ0) is 15.2. The summed E-state index contributed by atoms with van der Waals surface area (Å²) in [6.45, 7) is 0. The molecule has 0 radical (unpaired) electrons. The van der Waals surface area contributed by atoms with Crippen LogP contribution in [-0.4, -0.2) is 14.6 Å². The van der Waals surface area contributed by atoms with E-state index in [9.17, 15) is 17.6 Å². The average molecular weight is 296 g/mol. The number of hydrogen-bond donors (Lipinski definition) is 1. The smallest absolute Gasteiger partial charge is 0.366 e. The van der Waals surface area contributed by atoms with Gasteiger partial charge in [0.05, 0.1) is 5.56 Å². The lowest BCUT2D eigenvalue weighted by atomic mass is 10.0. The van der Waals surface area contributed by atoms with E-state index in [1.54, 1.807) is 12.3 Å². The number of fused-ring (bicyclic) bond motifs is 1. The second kappa shape index (κ2) is 4.44. The third-order valence-electron chi connectivity index (χ3n) is 2.97. The van der Waals surface area contributed by atoms with E-state index in [1.807, 2.05) is 0 Å². The maximum Gasteiger partial charge on any atom is 0.416 e. The van der Waals surface area contributed by atoms with Gasteiger partial charge in [0.15, 0.2) is 5.65 Å². The van der Waals surface area contributed by atoms with Gasteiger partial charge >= 0.3 is 6.18 Å². The molecule has 0 aliphatic carbocycles. The molecule has 0 atom stereocenters. The van der Waals surface area contributed by atoms with Gasteiger partial charge in [0, 0.05) is 17.3 Å². The van der Waals surface area contributed by atoms with Crippen molar-refractivity contribution >= 4 is 11.6 Å². The van der Waals surface area contributed by atoms with Crippen molar-refractivity contribution in [2.45, 2.75) is 6.18 Å². The lowest BCUT2D eigenvalue weighted by Crippen LogP contribution is -2.05. The Labute approximate surface area is 115 Å². The highest BCUT2D eigenvalue weighted by molar-refractivity contribution is 5.78. The Balaban J connectivity index is 2.19. The van der Waals surface area contributed by atoms with Crippen LogP contribution in [0.4, 0.5) is 23.5 Å². The van der Waals surface area contributed by atoms with Gasteiger partial charge in [-0.1, -0.05) is 6.07 Å². The van der Waals surface area contributed by atoms with Crippen molar-refractivity contribution in [3.05, 3.63) is 47.9 Å². The van der Waals surface area contributed by atoms with E-state index >= 15 is 0 Å². The molecule has 108 valence electrons. The molecule has 2 aromatic heterocycles. The van der Waals surface area contributed by atoms with E-state index in [2.05, 4.69) is 10.1 Å². The minimum Gasteiger partial charge on any atom is -0.366 e. The van der Waals surface area contributed by atoms with Gasteiger partial charge in [0.25, 0.3) is 0 Å². The lowest BCUT2D eigenvalue weighted by molar-refractivity contribution is -0.137. The number of nitrogen functional groups attached to an aromatic ring is 1. The van der Waals surface area contributed by atoms with Crippen LogP contribution < -0.4 is 5.73 Å². The topological polar surface area (TPSA) is 56.2 Å². The van der Waals surface area contributed by atoms with Gasteiger partial charge in [-0.05, 0) is 24.3 Å². The molecule has 8 heteroatoms. The second-order valence-electron chi connectivity index (χ2n) is 4.35. The highest BCUT2D eigenvalue weighted by Gasteiger charge is 2.31. The van der Waals surface area contributed by atoms with Gasteiger partial charge in [-0.25, -0.2) is 8.91 Å².